The Bertz CT molecular complexity index is 1170. The number of rotatable bonds is 4. The number of benzene rings is 2. The lowest BCUT2D eigenvalue weighted by Crippen LogP contribution is -2.44. The minimum Gasteiger partial charge on any atom is -0.333 e. The van der Waals surface area contributed by atoms with Gasteiger partial charge < -0.3 is 9.47 Å². The van der Waals surface area contributed by atoms with Gasteiger partial charge in [0.15, 0.2) is 0 Å². The van der Waals surface area contributed by atoms with Gasteiger partial charge in [-0.3, -0.25) is 9.69 Å². The standard InChI is InChI=1S/C25H27N5O/c1-19-23(25(31)30(26-19)21-8-4-3-5-9-21)16-20-17-29(24-11-7-6-10-22(20)24)18-28-14-12-27(2)13-15-28/h3-11,16-17H,12-15,18H2,1-2H3/b23-16+. The first kappa shape index (κ1) is 19.7. The van der Waals surface area contributed by atoms with Crippen LogP contribution in [0.2, 0.25) is 0 Å². The summed E-state index contributed by atoms with van der Waals surface area (Å²) >= 11 is 0. The molecule has 5 rings (SSSR count). The number of carbonyl (C=O) groups is 1. The van der Waals surface area contributed by atoms with E-state index in [1.807, 2.05) is 43.3 Å². The molecule has 6 heteroatoms. The Morgan fingerprint density at radius 3 is 2.45 bits per heavy atom. The normalized spacial score (nSPS) is 19.5. The maximum Gasteiger partial charge on any atom is 0.280 e. The largest absolute Gasteiger partial charge is 0.333 e. The number of hydrogen-bond donors (Lipinski definition) is 0. The van der Waals surface area contributed by atoms with Crippen LogP contribution >= 0.6 is 0 Å². The fourth-order valence-electron chi connectivity index (χ4n) is 4.30. The molecule has 1 amide bonds. The topological polar surface area (TPSA) is 44.1 Å². The quantitative estimate of drug-likeness (QED) is 0.614. The molecule has 2 aromatic carbocycles. The zero-order valence-corrected chi connectivity index (χ0v) is 18.0. The van der Waals surface area contributed by atoms with Gasteiger partial charge in [0.1, 0.15) is 0 Å². The highest BCUT2D eigenvalue weighted by atomic mass is 16.2. The third-order valence-electron chi connectivity index (χ3n) is 6.13. The van der Waals surface area contributed by atoms with Crippen LogP contribution in [0.25, 0.3) is 17.0 Å². The second-order valence-electron chi connectivity index (χ2n) is 8.33. The third kappa shape index (κ3) is 3.80. The van der Waals surface area contributed by atoms with Gasteiger partial charge in [0.05, 0.1) is 23.6 Å². The molecule has 1 fully saturated rings. The van der Waals surface area contributed by atoms with E-state index in [9.17, 15) is 4.79 Å². The molecule has 0 N–H and O–H groups in total. The summed E-state index contributed by atoms with van der Waals surface area (Å²) in [6, 6.07) is 18.0. The van der Waals surface area contributed by atoms with E-state index in [-0.39, 0.29) is 5.91 Å². The Morgan fingerprint density at radius 1 is 0.968 bits per heavy atom. The molecule has 0 radical (unpaired) electrons. The highest BCUT2D eigenvalue weighted by Gasteiger charge is 2.29. The van der Waals surface area contributed by atoms with E-state index < -0.39 is 0 Å². The summed E-state index contributed by atoms with van der Waals surface area (Å²) in [5.41, 5.74) is 4.41. The number of hydrogen-bond acceptors (Lipinski definition) is 4. The zero-order valence-electron chi connectivity index (χ0n) is 18.0. The summed E-state index contributed by atoms with van der Waals surface area (Å²) in [4.78, 5) is 18.0. The van der Waals surface area contributed by atoms with E-state index in [0.29, 0.717) is 5.57 Å². The minimum atomic E-state index is -0.0837. The SMILES string of the molecule is CC1=NN(c2ccccc2)C(=O)/C1=C/c1cn(CN2CCN(C)CC2)c2ccccc12. The molecule has 2 aliphatic rings. The number of hydrazone groups is 1. The average Bonchev–Trinajstić information content (AvgIpc) is 3.28. The molecule has 0 aliphatic carbocycles. The predicted molar refractivity (Wildman–Crippen MR) is 126 cm³/mol. The maximum atomic E-state index is 13.1. The highest BCUT2D eigenvalue weighted by Crippen LogP contribution is 2.28. The van der Waals surface area contributed by atoms with Crippen LogP contribution in [0.4, 0.5) is 5.69 Å². The molecular weight excluding hydrogens is 386 g/mol. The summed E-state index contributed by atoms with van der Waals surface area (Å²) in [5, 5.41) is 7.16. The molecule has 0 saturated carbocycles. The van der Waals surface area contributed by atoms with Crippen LogP contribution in [0.3, 0.4) is 0 Å². The smallest absolute Gasteiger partial charge is 0.280 e. The molecule has 3 heterocycles. The third-order valence-corrected chi connectivity index (χ3v) is 6.13. The Morgan fingerprint density at radius 2 is 1.68 bits per heavy atom. The molecule has 1 aromatic heterocycles. The first-order chi connectivity index (χ1) is 15.1. The van der Waals surface area contributed by atoms with Crippen LogP contribution in [-0.4, -0.2) is 59.2 Å². The van der Waals surface area contributed by atoms with Gasteiger partial charge in [0.25, 0.3) is 5.91 Å². The molecular formula is C25H27N5O. The molecule has 2 aliphatic heterocycles. The van der Waals surface area contributed by atoms with Gasteiger partial charge in [-0.25, -0.2) is 0 Å². The second-order valence-corrected chi connectivity index (χ2v) is 8.33. The predicted octanol–water partition coefficient (Wildman–Crippen LogP) is 3.65. The fraction of sp³-hybridized carbons (Fsp3) is 0.280. The van der Waals surface area contributed by atoms with E-state index in [4.69, 9.17) is 0 Å². The Labute approximate surface area is 182 Å². The lowest BCUT2D eigenvalue weighted by atomic mass is 10.1. The first-order valence-corrected chi connectivity index (χ1v) is 10.8. The lowest BCUT2D eigenvalue weighted by Gasteiger charge is -2.32. The van der Waals surface area contributed by atoms with Crippen molar-refractivity contribution in [3.63, 3.8) is 0 Å². The summed E-state index contributed by atoms with van der Waals surface area (Å²) in [6.07, 6.45) is 4.16. The minimum absolute atomic E-state index is 0.0837. The molecule has 0 bridgehead atoms. The summed E-state index contributed by atoms with van der Waals surface area (Å²) in [6.45, 7) is 7.07. The van der Waals surface area contributed by atoms with Gasteiger partial charge in [-0.1, -0.05) is 36.4 Å². The summed E-state index contributed by atoms with van der Waals surface area (Å²) in [5.74, 6) is -0.0837. The number of amides is 1. The lowest BCUT2D eigenvalue weighted by molar-refractivity contribution is -0.114. The Balaban J connectivity index is 1.47. The number of carbonyl (C=O) groups excluding carboxylic acids is 1. The van der Waals surface area contributed by atoms with Crippen molar-refractivity contribution in [3.05, 3.63) is 71.9 Å². The molecule has 0 atom stereocenters. The number of piperazine rings is 1. The number of nitrogens with zero attached hydrogens (tertiary/aromatic N) is 5. The van der Waals surface area contributed by atoms with Gasteiger partial charge in [-0.15, -0.1) is 0 Å². The highest BCUT2D eigenvalue weighted by molar-refractivity contribution is 6.32. The van der Waals surface area contributed by atoms with Crippen molar-refractivity contribution < 1.29 is 4.79 Å². The van der Waals surface area contributed by atoms with Crippen molar-refractivity contribution in [2.45, 2.75) is 13.6 Å². The zero-order chi connectivity index (χ0) is 21.4. The van der Waals surface area contributed by atoms with Crippen molar-refractivity contribution in [3.8, 4) is 0 Å². The Kier molecular flexibility index (Phi) is 5.18. The molecule has 0 spiro atoms. The van der Waals surface area contributed by atoms with Gasteiger partial charge >= 0.3 is 0 Å². The molecule has 31 heavy (non-hydrogen) atoms. The molecule has 3 aromatic rings. The summed E-state index contributed by atoms with van der Waals surface area (Å²) < 4.78 is 2.30. The number of para-hydroxylation sites is 2. The van der Waals surface area contributed by atoms with E-state index in [0.717, 1.165) is 55.2 Å². The van der Waals surface area contributed by atoms with Crippen molar-refractivity contribution in [2.75, 3.05) is 38.2 Å². The number of likely N-dealkylation sites (N-methyl/N-ethyl adjacent to an activating group) is 1. The van der Waals surface area contributed by atoms with Gasteiger partial charge in [0.2, 0.25) is 0 Å². The van der Waals surface area contributed by atoms with Crippen LogP contribution in [0.15, 0.2) is 71.5 Å². The van der Waals surface area contributed by atoms with Crippen LogP contribution in [-0.2, 0) is 11.5 Å². The second kappa shape index (κ2) is 8.13. The maximum absolute atomic E-state index is 13.1. The van der Waals surface area contributed by atoms with Crippen molar-refractivity contribution in [1.82, 2.24) is 14.4 Å². The van der Waals surface area contributed by atoms with E-state index in [1.54, 1.807) is 0 Å². The van der Waals surface area contributed by atoms with E-state index in [2.05, 4.69) is 57.0 Å². The van der Waals surface area contributed by atoms with Gasteiger partial charge in [-0.2, -0.15) is 10.1 Å². The monoisotopic (exact) mass is 413 g/mol. The first-order valence-electron chi connectivity index (χ1n) is 10.8. The Hall–Kier alpha value is -3.22. The van der Waals surface area contributed by atoms with E-state index in [1.165, 1.54) is 10.5 Å². The molecule has 158 valence electrons. The molecule has 0 unspecified atom stereocenters. The van der Waals surface area contributed by atoms with E-state index >= 15 is 0 Å². The van der Waals surface area contributed by atoms with Gasteiger partial charge in [-0.05, 0) is 38.2 Å². The number of aromatic nitrogens is 1. The molecule has 6 nitrogen and oxygen atoms in total. The van der Waals surface area contributed by atoms with Crippen LogP contribution in [0, 0.1) is 0 Å². The van der Waals surface area contributed by atoms with Gasteiger partial charge in [0, 0.05) is 48.8 Å². The summed E-state index contributed by atoms with van der Waals surface area (Å²) in [7, 11) is 2.17. The number of anilines is 1. The van der Waals surface area contributed by atoms with Crippen molar-refractivity contribution in [2.24, 2.45) is 5.10 Å². The van der Waals surface area contributed by atoms with Crippen molar-refractivity contribution in [1.29, 1.82) is 0 Å². The molecule has 1 saturated heterocycles. The number of fused-ring (bicyclic) bond motifs is 1. The average molecular weight is 414 g/mol. The van der Waals surface area contributed by atoms with Crippen LogP contribution in [0.5, 0.6) is 0 Å². The van der Waals surface area contributed by atoms with Crippen LogP contribution in [0.1, 0.15) is 12.5 Å². The van der Waals surface area contributed by atoms with Crippen molar-refractivity contribution >= 4 is 34.3 Å². The van der Waals surface area contributed by atoms with Crippen LogP contribution < -0.4 is 5.01 Å². The fourth-order valence-corrected chi connectivity index (χ4v) is 4.30.